The number of nitrogens with zero attached hydrogens (tertiary/aromatic N) is 2. The predicted octanol–water partition coefficient (Wildman–Crippen LogP) is 14.2. The third kappa shape index (κ3) is 5.27. The highest BCUT2D eigenvalue weighted by Crippen LogP contribution is 2.52. The Hall–Kier alpha value is -4.96. The molecule has 4 nitrogen and oxygen atoms in total. The first-order chi connectivity index (χ1) is 29.6. The molecule has 6 aliphatic rings. The van der Waals surface area contributed by atoms with Crippen LogP contribution in [-0.4, -0.2) is 9.13 Å². The van der Waals surface area contributed by atoms with Crippen LogP contribution in [0.5, 0.6) is 0 Å². The Labute approximate surface area is 352 Å². The van der Waals surface area contributed by atoms with E-state index in [1.54, 1.807) is 0 Å². The van der Waals surface area contributed by atoms with Gasteiger partial charge < -0.3 is 9.13 Å². The predicted molar refractivity (Wildman–Crippen MR) is 247 cm³/mol. The van der Waals surface area contributed by atoms with Crippen molar-refractivity contribution in [2.75, 3.05) is 0 Å². The van der Waals surface area contributed by atoms with Crippen molar-refractivity contribution >= 4 is 43.6 Å². The molecule has 0 saturated heterocycles. The van der Waals surface area contributed by atoms with Gasteiger partial charge in [-0.05, 0) is 182 Å². The molecule has 0 aliphatic heterocycles. The second kappa shape index (κ2) is 13.8. The minimum Gasteiger partial charge on any atom is -0.308 e. The normalized spacial score (nSPS) is 20.5. The van der Waals surface area contributed by atoms with Crippen molar-refractivity contribution in [1.29, 1.82) is 0 Å². The van der Waals surface area contributed by atoms with Gasteiger partial charge in [-0.2, -0.15) is 0 Å². The van der Waals surface area contributed by atoms with E-state index in [0.29, 0.717) is 46.3 Å². The topological polar surface area (TPSA) is 44.0 Å². The fourth-order valence-electron chi connectivity index (χ4n) is 12.1. The molecule has 0 N–H and O–H groups in total. The van der Waals surface area contributed by atoms with Crippen molar-refractivity contribution in [2.45, 2.75) is 151 Å². The third-order valence-electron chi connectivity index (χ3n) is 17.0. The first-order valence-corrected chi connectivity index (χ1v) is 24.0. The van der Waals surface area contributed by atoms with Gasteiger partial charge in [0.25, 0.3) is 0 Å². The quantitative estimate of drug-likeness (QED) is 0.144. The van der Waals surface area contributed by atoms with E-state index in [9.17, 15) is 0 Å². The van der Waals surface area contributed by atoms with Gasteiger partial charge in [-0.1, -0.05) is 87.1 Å². The van der Waals surface area contributed by atoms with Gasteiger partial charge in [0.2, 0.25) is 0 Å². The van der Waals surface area contributed by atoms with Gasteiger partial charge in [0.1, 0.15) is 0 Å². The molecule has 5 aromatic carbocycles. The molecule has 2 heterocycles. The number of rotatable bonds is 8. The van der Waals surface area contributed by atoms with Crippen LogP contribution in [0.25, 0.3) is 55.0 Å². The fraction of sp³-hybridized carbons (Fsp3) is 0.429. The summed E-state index contributed by atoms with van der Waals surface area (Å²) in [6.45, 7) is 0. The number of hydrogen-bond acceptors (Lipinski definition) is 2. The van der Waals surface area contributed by atoms with Crippen molar-refractivity contribution in [3.8, 4) is 11.4 Å². The molecule has 302 valence electrons. The molecule has 0 spiro atoms. The molecule has 6 aliphatic carbocycles. The van der Waals surface area contributed by atoms with E-state index in [2.05, 4.69) is 69.8 Å². The Morgan fingerprint density at radius 3 is 0.917 bits per heavy atom. The van der Waals surface area contributed by atoms with Gasteiger partial charge in [0.05, 0.1) is 33.4 Å². The molecule has 60 heavy (non-hydrogen) atoms. The summed E-state index contributed by atoms with van der Waals surface area (Å²) < 4.78 is 4.95. The largest absolute Gasteiger partial charge is 0.308 e. The van der Waals surface area contributed by atoms with Crippen molar-refractivity contribution in [2.24, 2.45) is 0 Å². The van der Waals surface area contributed by atoms with E-state index in [0.717, 1.165) is 32.8 Å². The lowest BCUT2D eigenvalue weighted by Crippen LogP contribution is -2.23. The molecule has 0 radical (unpaired) electrons. The SMILES string of the molecule is O=c1c2ccccc2n(-c2c(C3CCC3)cc(C3CCC3)cc2C2CCC2)c2cc3c(=O)c4ccccc4n(-c4c(C5CCC5)cc(C5CCC5)cc4C4CCC4)c3cc12. The molecule has 0 unspecified atom stereocenters. The number of benzene rings is 5. The van der Waals surface area contributed by atoms with E-state index in [1.807, 2.05) is 24.3 Å². The van der Waals surface area contributed by atoms with Crippen LogP contribution < -0.4 is 10.9 Å². The average molecular weight is 789 g/mol. The van der Waals surface area contributed by atoms with Gasteiger partial charge in [-0.3, -0.25) is 9.59 Å². The third-order valence-corrected chi connectivity index (χ3v) is 17.0. The van der Waals surface area contributed by atoms with Gasteiger partial charge in [0, 0.05) is 21.5 Å². The number of hydrogen-bond donors (Lipinski definition) is 0. The summed E-state index contributed by atoms with van der Waals surface area (Å²) in [5.41, 5.74) is 15.4. The standard InChI is InChI=1S/C56H56N2O2/c59-55-41-23-1-3-25-49(41)57(53-43(35-15-7-16-35)27-39(33-11-5-12-33)28-44(53)36-17-8-18-36)51-32-48-52(31-47(51)55)58(50-26-4-2-24-42(50)56(48)60)54-45(37-19-9-20-37)29-40(34-13-6-14-34)30-46(54)38-21-10-22-38/h1-4,23-38H,5-22H2. The van der Waals surface area contributed by atoms with Crippen molar-refractivity contribution in [1.82, 2.24) is 9.13 Å². The minimum absolute atomic E-state index is 0.0612. The van der Waals surface area contributed by atoms with Gasteiger partial charge in [-0.15, -0.1) is 0 Å². The van der Waals surface area contributed by atoms with E-state index < -0.39 is 0 Å². The Balaban J connectivity index is 1.17. The summed E-state index contributed by atoms with van der Waals surface area (Å²) in [5, 5.41) is 2.95. The maximum Gasteiger partial charge on any atom is 0.197 e. The zero-order chi connectivity index (χ0) is 39.6. The van der Waals surface area contributed by atoms with Crippen LogP contribution in [-0.2, 0) is 0 Å². The molecule has 2 aromatic heterocycles. The van der Waals surface area contributed by atoms with E-state index >= 15 is 9.59 Å². The molecule has 6 saturated carbocycles. The second-order valence-electron chi connectivity index (χ2n) is 20.1. The maximum atomic E-state index is 15.2. The lowest BCUT2D eigenvalue weighted by molar-refractivity contribution is 0.398. The fourth-order valence-corrected chi connectivity index (χ4v) is 12.1. The molecular weight excluding hydrogens is 733 g/mol. The highest BCUT2D eigenvalue weighted by molar-refractivity contribution is 6.05. The number of fused-ring (bicyclic) bond motifs is 4. The zero-order valence-corrected chi connectivity index (χ0v) is 35.0. The molecule has 4 heteroatoms. The molecule has 0 atom stereocenters. The smallest absolute Gasteiger partial charge is 0.197 e. The average Bonchev–Trinajstić information content (AvgIpc) is 3.12. The molecule has 0 bridgehead atoms. The number of pyridine rings is 2. The molecular formula is C56H56N2O2. The summed E-state index contributed by atoms with van der Waals surface area (Å²) in [5.74, 6) is 3.40. The monoisotopic (exact) mass is 788 g/mol. The van der Waals surface area contributed by atoms with Crippen LogP contribution >= 0.6 is 0 Å². The number of aromatic nitrogens is 2. The van der Waals surface area contributed by atoms with Gasteiger partial charge in [-0.25, -0.2) is 0 Å². The van der Waals surface area contributed by atoms with Crippen LogP contribution in [0.3, 0.4) is 0 Å². The Morgan fingerprint density at radius 1 is 0.333 bits per heavy atom. The van der Waals surface area contributed by atoms with Gasteiger partial charge >= 0.3 is 0 Å². The molecule has 6 fully saturated rings. The Morgan fingerprint density at radius 2 is 0.633 bits per heavy atom. The van der Waals surface area contributed by atoms with E-state index in [-0.39, 0.29) is 10.9 Å². The van der Waals surface area contributed by atoms with Crippen LogP contribution in [0.4, 0.5) is 0 Å². The number of para-hydroxylation sites is 2. The first kappa shape index (κ1) is 35.8. The first-order valence-electron chi connectivity index (χ1n) is 24.0. The van der Waals surface area contributed by atoms with E-state index in [4.69, 9.17) is 0 Å². The molecule has 0 amide bonds. The Bertz CT molecular complexity index is 2760. The lowest BCUT2D eigenvalue weighted by Gasteiger charge is -2.37. The molecule has 7 aromatic rings. The summed E-state index contributed by atoms with van der Waals surface area (Å²) in [6.07, 6.45) is 22.6. The van der Waals surface area contributed by atoms with Crippen molar-refractivity contribution in [3.05, 3.63) is 139 Å². The molecule has 13 rings (SSSR count). The van der Waals surface area contributed by atoms with Crippen molar-refractivity contribution in [3.63, 3.8) is 0 Å². The second-order valence-corrected chi connectivity index (χ2v) is 20.1. The van der Waals surface area contributed by atoms with Crippen LogP contribution in [0, 0.1) is 0 Å². The van der Waals surface area contributed by atoms with Crippen molar-refractivity contribution < 1.29 is 0 Å². The highest BCUT2D eigenvalue weighted by Gasteiger charge is 2.35. The van der Waals surface area contributed by atoms with Crippen LogP contribution in [0.2, 0.25) is 0 Å². The maximum absolute atomic E-state index is 15.2. The van der Waals surface area contributed by atoms with Crippen LogP contribution in [0.1, 0.15) is 184 Å². The lowest BCUT2D eigenvalue weighted by atomic mass is 9.71. The summed E-state index contributed by atoms with van der Waals surface area (Å²) in [6, 6.07) is 31.3. The minimum atomic E-state index is 0.0612. The van der Waals surface area contributed by atoms with E-state index in [1.165, 1.54) is 160 Å². The summed E-state index contributed by atoms with van der Waals surface area (Å²) >= 11 is 0. The summed E-state index contributed by atoms with van der Waals surface area (Å²) in [7, 11) is 0. The van der Waals surface area contributed by atoms with Crippen LogP contribution in [0.15, 0.2) is 94.5 Å². The zero-order valence-electron chi connectivity index (χ0n) is 35.0. The van der Waals surface area contributed by atoms with Gasteiger partial charge in [0.15, 0.2) is 10.9 Å². The Kier molecular flexibility index (Phi) is 8.21. The highest BCUT2D eigenvalue weighted by atomic mass is 16.1. The summed E-state index contributed by atoms with van der Waals surface area (Å²) in [4.78, 5) is 30.4.